The first-order valence-corrected chi connectivity index (χ1v) is 14.4. The Labute approximate surface area is 230 Å². The number of carbonyl (C=O) groups is 2. The van der Waals surface area contributed by atoms with Crippen LogP contribution in [0.2, 0.25) is 0 Å². The Morgan fingerprint density at radius 3 is 2.23 bits per heavy atom. The van der Waals surface area contributed by atoms with Gasteiger partial charge >= 0.3 is 0 Å². The van der Waals surface area contributed by atoms with Crippen molar-refractivity contribution in [2.75, 3.05) is 17.4 Å². The van der Waals surface area contributed by atoms with E-state index in [9.17, 15) is 22.4 Å². The minimum absolute atomic E-state index is 0.0759. The number of para-hydroxylation sites is 1. The summed E-state index contributed by atoms with van der Waals surface area (Å²) in [6, 6.07) is 19.7. The summed E-state index contributed by atoms with van der Waals surface area (Å²) in [4.78, 5) is 28.5. The lowest BCUT2D eigenvalue weighted by molar-refractivity contribution is -0.140. The highest BCUT2D eigenvalue weighted by atomic mass is 32.2. The molecule has 0 aromatic heterocycles. The molecule has 39 heavy (non-hydrogen) atoms. The molecule has 208 valence electrons. The van der Waals surface area contributed by atoms with Crippen LogP contribution in [0.4, 0.5) is 10.1 Å². The van der Waals surface area contributed by atoms with E-state index in [1.54, 1.807) is 25.1 Å². The van der Waals surface area contributed by atoms with Gasteiger partial charge in [-0.25, -0.2) is 12.8 Å². The van der Waals surface area contributed by atoms with Crippen molar-refractivity contribution in [2.45, 2.75) is 51.6 Å². The molecule has 3 aromatic carbocycles. The molecule has 7 nitrogen and oxygen atoms in total. The zero-order chi connectivity index (χ0) is 28.6. The predicted molar refractivity (Wildman–Crippen MR) is 151 cm³/mol. The van der Waals surface area contributed by atoms with Gasteiger partial charge in [0.25, 0.3) is 10.0 Å². The van der Waals surface area contributed by atoms with Crippen LogP contribution in [0.1, 0.15) is 38.3 Å². The lowest BCUT2D eigenvalue weighted by Gasteiger charge is -2.33. The minimum atomic E-state index is -4.31. The molecule has 0 aliphatic heterocycles. The third-order valence-electron chi connectivity index (χ3n) is 6.24. The average molecular weight is 554 g/mol. The standard InChI is InChI=1S/C30H36FN3O4S/c1-5-27(30(36)32-19-22(2)3)33(20-24-13-11-12-23(4)18-24)29(35)21-34(28-17-10-9-16-26(28)31)39(37,38)25-14-7-6-8-15-25/h6-18,22,27H,5,19-21H2,1-4H3,(H,32,36). The number of halogens is 1. The molecule has 0 heterocycles. The maximum Gasteiger partial charge on any atom is 0.264 e. The fraction of sp³-hybridized carbons (Fsp3) is 0.333. The molecule has 9 heteroatoms. The molecule has 1 N–H and O–H groups in total. The number of benzene rings is 3. The number of rotatable bonds is 12. The Morgan fingerprint density at radius 2 is 1.62 bits per heavy atom. The molecule has 0 saturated carbocycles. The van der Waals surface area contributed by atoms with Crippen molar-refractivity contribution in [3.8, 4) is 0 Å². The van der Waals surface area contributed by atoms with Crippen LogP contribution in [0.5, 0.6) is 0 Å². The smallest absolute Gasteiger partial charge is 0.264 e. The number of sulfonamides is 1. The molecule has 0 bridgehead atoms. The van der Waals surface area contributed by atoms with Crippen molar-refractivity contribution >= 4 is 27.5 Å². The highest BCUT2D eigenvalue weighted by Gasteiger charge is 2.34. The van der Waals surface area contributed by atoms with Crippen molar-refractivity contribution in [2.24, 2.45) is 5.92 Å². The molecular formula is C30H36FN3O4S. The Bertz CT molecular complexity index is 1380. The Hall–Kier alpha value is -3.72. The van der Waals surface area contributed by atoms with Crippen LogP contribution in [0.15, 0.2) is 83.8 Å². The van der Waals surface area contributed by atoms with Crippen LogP contribution < -0.4 is 9.62 Å². The van der Waals surface area contributed by atoms with Gasteiger partial charge in [-0.3, -0.25) is 13.9 Å². The molecule has 3 rings (SSSR count). The van der Waals surface area contributed by atoms with Gasteiger partial charge in [0.15, 0.2) is 0 Å². The molecular weight excluding hydrogens is 517 g/mol. The second-order valence-corrected chi connectivity index (χ2v) is 11.7. The molecule has 1 atom stereocenters. The number of hydrogen-bond donors (Lipinski definition) is 1. The van der Waals surface area contributed by atoms with E-state index in [0.717, 1.165) is 21.5 Å². The van der Waals surface area contributed by atoms with E-state index in [-0.39, 0.29) is 29.0 Å². The van der Waals surface area contributed by atoms with Gasteiger partial charge in [-0.15, -0.1) is 0 Å². The van der Waals surface area contributed by atoms with Crippen LogP contribution >= 0.6 is 0 Å². The molecule has 0 radical (unpaired) electrons. The topological polar surface area (TPSA) is 86.8 Å². The number of carbonyl (C=O) groups excluding carboxylic acids is 2. The van der Waals surface area contributed by atoms with Gasteiger partial charge in [-0.2, -0.15) is 0 Å². The summed E-state index contributed by atoms with van der Waals surface area (Å²) in [5.41, 5.74) is 1.53. The van der Waals surface area contributed by atoms with Crippen molar-refractivity contribution in [3.05, 3.63) is 95.8 Å². The lowest BCUT2D eigenvalue weighted by Crippen LogP contribution is -2.52. The minimum Gasteiger partial charge on any atom is -0.354 e. The number of anilines is 1. The molecule has 1 unspecified atom stereocenters. The van der Waals surface area contributed by atoms with Gasteiger partial charge in [0.05, 0.1) is 10.6 Å². The normalized spacial score (nSPS) is 12.2. The van der Waals surface area contributed by atoms with Crippen molar-refractivity contribution in [1.29, 1.82) is 0 Å². The van der Waals surface area contributed by atoms with Crippen LogP contribution in [0.25, 0.3) is 0 Å². The van der Waals surface area contributed by atoms with E-state index >= 15 is 0 Å². The second-order valence-electron chi connectivity index (χ2n) is 9.85. The molecule has 2 amide bonds. The van der Waals surface area contributed by atoms with Crippen LogP contribution in [0, 0.1) is 18.7 Å². The van der Waals surface area contributed by atoms with Crippen LogP contribution in [-0.4, -0.2) is 44.3 Å². The first-order chi connectivity index (χ1) is 18.5. The van der Waals surface area contributed by atoms with E-state index in [4.69, 9.17) is 0 Å². The quantitative estimate of drug-likeness (QED) is 0.345. The molecule has 0 spiro atoms. The van der Waals surface area contributed by atoms with Gasteiger partial charge in [0.2, 0.25) is 11.8 Å². The summed E-state index contributed by atoms with van der Waals surface area (Å²) in [6.45, 7) is 7.50. The first kappa shape index (κ1) is 29.8. The molecule has 0 fully saturated rings. The van der Waals surface area contributed by atoms with E-state index in [1.807, 2.05) is 45.0 Å². The van der Waals surface area contributed by atoms with E-state index in [2.05, 4.69) is 5.32 Å². The van der Waals surface area contributed by atoms with Gasteiger partial charge in [0, 0.05) is 13.1 Å². The molecule has 0 saturated heterocycles. The number of nitrogens with zero attached hydrogens (tertiary/aromatic N) is 2. The van der Waals surface area contributed by atoms with Gasteiger partial charge in [-0.05, 0) is 49.1 Å². The monoisotopic (exact) mass is 553 g/mol. The maximum absolute atomic E-state index is 15.0. The van der Waals surface area contributed by atoms with Crippen molar-refractivity contribution < 1.29 is 22.4 Å². The number of hydrogen-bond acceptors (Lipinski definition) is 4. The fourth-order valence-corrected chi connectivity index (χ4v) is 5.68. The third-order valence-corrected chi connectivity index (χ3v) is 8.01. The zero-order valence-electron chi connectivity index (χ0n) is 22.8. The maximum atomic E-state index is 15.0. The van der Waals surface area contributed by atoms with Crippen LogP contribution in [-0.2, 0) is 26.2 Å². The van der Waals surface area contributed by atoms with Gasteiger partial charge < -0.3 is 10.2 Å². The molecule has 0 aliphatic rings. The SMILES string of the molecule is CCC(C(=O)NCC(C)C)N(Cc1cccc(C)c1)C(=O)CN(c1ccccc1F)S(=O)(=O)c1ccccc1. The summed E-state index contributed by atoms with van der Waals surface area (Å²) in [5, 5.41) is 2.89. The zero-order valence-corrected chi connectivity index (χ0v) is 23.6. The summed E-state index contributed by atoms with van der Waals surface area (Å²) in [5.74, 6) is -1.52. The van der Waals surface area contributed by atoms with E-state index in [0.29, 0.717) is 13.0 Å². The Balaban J connectivity index is 2.05. The molecule has 3 aromatic rings. The lowest BCUT2D eigenvalue weighted by atomic mass is 10.1. The summed E-state index contributed by atoms with van der Waals surface area (Å²) in [6.07, 6.45) is 0.312. The van der Waals surface area contributed by atoms with Crippen molar-refractivity contribution in [3.63, 3.8) is 0 Å². The fourth-order valence-electron chi connectivity index (χ4n) is 4.24. The average Bonchev–Trinajstić information content (AvgIpc) is 2.91. The third kappa shape index (κ3) is 7.66. The highest BCUT2D eigenvalue weighted by molar-refractivity contribution is 7.92. The van der Waals surface area contributed by atoms with E-state index in [1.165, 1.54) is 35.2 Å². The first-order valence-electron chi connectivity index (χ1n) is 13.0. The Morgan fingerprint density at radius 1 is 0.949 bits per heavy atom. The highest BCUT2D eigenvalue weighted by Crippen LogP contribution is 2.27. The number of aryl methyl sites for hydroxylation is 1. The van der Waals surface area contributed by atoms with Gasteiger partial charge in [-0.1, -0.05) is 80.9 Å². The van der Waals surface area contributed by atoms with Gasteiger partial charge in [0.1, 0.15) is 18.4 Å². The summed E-state index contributed by atoms with van der Waals surface area (Å²) in [7, 11) is -4.31. The summed E-state index contributed by atoms with van der Waals surface area (Å²) < 4.78 is 43.2. The number of amides is 2. The second kappa shape index (κ2) is 13.4. The number of nitrogens with one attached hydrogen (secondary N) is 1. The predicted octanol–water partition coefficient (Wildman–Crippen LogP) is 4.91. The Kier molecular flexibility index (Phi) is 10.2. The van der Waals surface area contributed by atoms with Crippen molar-refractivity contribution in [1.82, 2.24) is 10.2 Å². The summed E-state index contributed by atoms with van der Waals surface area (Å²) >= 11 is 0. The molecule has 0 aliphatic carbocycles. The van der Waals surface area contributed by atoms with E-state index < -0.39 is 34.3 Å². The largest absolute Gasteiger partial charge is 0.354 e. The van der Waals surface area contributed by atoms with Crippen LogP contribution in [0.3, 0.4) is 0 Å².